The van der Waals surface area contributed by atoms with Crippen LogP contribution >= 0.6 is 0 Å². The summed E-state index contributed by atoms with van der Waals surface area (Å²) in [6.45, 7) is 31.8. The summed E-state index contributed by atoms with van der Waals surface area (Å²) in [7, 11) is 6.20. The molecule has 12 aromatic rings. The molecule has 0 aliphatic heterocycles. The molecule has 0 spiro atoms. The topological polar surface area (TPSA) is 11.6 Å². The lowest BCUT2D eigenvalue weighted by molar-refractivity contribution is -0.660. The molecule has 0 bridgehead atoms. The van der Waals surface area contributed by atoms with Crippen LogP contribution in [0.4, 0.5) is 0 Å². The highest BCUT2D eigenvalue weighted by Crippen LogP contribution is 2.59. The van der Waals surface area contributed by atoms with Crippen LogP contribution in [0.15, 0.2) is 176 Å². The van der Waals surface area contributed by atoms with E-state index in [1.807, 2.05) is 48.9 Å². The van der Waals surface area contributed by atoms with Gasteiger partial charge in [-0.1, -0.05) is 176 Å². The van der Waals surface area contributed by atoms with E-state index in [0.717, 1.165) is 46.0 Å². The molecule has 0 amide bonds. The summed E-state index contributed by atoms with van der Waals surface area (Å²) in [5.74, 6) is 0. The number of nitrogens with zero attached hydrogens (tertiary/aromatic N) is 3. The summed E-state index contributed by atoms with van der Waals surface area (Å²) in [6.07, 6.45) is 8.06. The molecule has 9 aromatic carbocycles. The Labute approximate surface area is 563 Å². The van der Waals surface area contributed by atoms with E-state index < -0.39 is 13.7 Å². The van der Waals surface area contributed by atoms with E-state index in [1.165, 1.54) is 144 Å². The number of hydrogen-bond acceptors (Lipinski definition) is 0. The number of hydrogen-bond donors (Lipinski definition) is 0. The van der Waals surface area contributed by atoms with Crippen LogP contribution in [0.1, 0.15) is 153 Å². The number of pyridine rings is 3. The van der Waals surface area contributed by atoms with Crippen molar-refractivity contribution >= 4 is 32.3 Å². The Morgan fingerprint density at radius 3 is 1.56 bits per heavy atom. The highest BCUT2D eigenvalue weighted by Gasteiger charge is 2.50. The zero-order valence-electron chi connectivity index (χ0n) is 64.5. The van der Waals surface area contributed by atoms with Gasteiger partial charge in [-0.05, 0) is 249 Å². The van der Waals surface area contributed by atoms with Crippen molar-refractivity contribution in [3.8, 4) is 67.2 Å². The largest absolute Gasteiger partial charge is 0.213 e. The van der Waals surface area contributed by atoms with E-state index in [2.05, 4.69) is 267 Å². The van der Waals surface area contributed by atoms with E-state index in [1.54, 1.807) is 6.20 Å². The van der Waals surface area contributed by atoms with Crippen LogP contribution in [0.25, 0.3) is 99.5 Å². The smallest absolute Gasteiger partial charge is 0.201 e. The van der Waals surface area contributed by atoms with Gasteiger partial charge in [0.05, 0.1) is 11.1 Å². The molecule has 0 radical (unpaired) electrons. The lowest BCUT2D eigenvalue weighted by Gasteiger charge is -2.49. The second-order valence-electron chi connectivity index (χ2n) is 29.9. The minimum Gasteiger partial charge on any atom is -0.201 e. The Morgan fingerprint density at radius 2 is 0.860 bits per heavy atom. The molecule has 3 heteroatoms. The fourth-order valence-electron chi connectivity index (χ4n) is 16.1. The highest BCUT2D eigenvalue weighted by atomic mass is 14.9. The maximum absolute atomic E-state index is 8.33. The lowest BCUT2D eigenvalue weighted by atomic mass is 9.53. The fourth-order valence-corrected chi connectivity index (χ4v) is 16.1. The van der Waals surface area contributed by atoms with Gasteiger partial charge in [0.2, 0.25) is 17.1 Å². The number of aryl methyl sites for hydroxylation is 14. The van der Waals surface area contributed by atoms with Gasteiger partial charge in [0.1, 0.15) is 21.1 Å². The molecule has 3 aliphatic carbocycles. The Balaban J connectivity index is 0.000000134. The maximum Gasteiger partial charge on any atom is 0.213 e. The Bertz CT molecular complexity index is 5360. The van der Waals surface area contributed by atoms with Gasteiger partial charge < -0.3 is 0 Å². The molecular weight excluding hydrogens is 1120 g/mol. The van der Waals surface area contributed by atoms with Gasteiger partial charge in [0, 0.05) is 60.5 Å². The standard InChI is InChI=1S/2C31H34N.C28H28N/c1-19-9-10-22-16-25-26-18-24(29-14-20(2)11-12-32(29)8)21(3)15-27(26)30(4,5)31(6,7)28(25)17-23(22)13-19;1-19-15-16-32(8)26(17-19)27-20(2)13-14-24-25-18-21(3)22-11-9-10-12-23(22)28(25)30(4,5)31(6,7)29(24)27;1-17-6-9-22-21(14-17)8-11-24-23(22)12-13-26-25(24)10-7-18(2)28(26)27-15-19(3)20(4)16-29(27)5/h2*9-18H,1-8H3;6-11,14-16H,12-13H2,1-5H3/q3*+1/i;3D3;4D3. The summed E-state index contributed by atoms with van der Waals surface area (Å²) >= 11 is 0. The molecule has 93 heavy (non-hydrogen) atoms. The van der Waals surface area contributed by atoms with Crippen molar-refractivity contribution in [2.45, 2.75) is 159 Å². The van der Waals surface area contributed by atoms with Crippen LogP contribution in [0.2, 0.25) is 0 Å². The third-order valence-electron chi connectivity index (χ3n) is 22.9. The molecule has 0 fully saturated rings. The van der Waals surface area contributed by atoms with Gasteiger partial charge in [-0.15, -0.1) is 0 Å². The van der Waals surface area contributed by atoms with Crippen molar-refractivity contribution in [1.82, 2.24) is 0 Å². The summed E-state index contributed by atoms with van der Waals surface area (Å²) in [5.41, 5.74) is 33.3. The van der Waals surface area contributed by atoms with E-state index >= 15 is 0 Å². The van der Waals surface area contributed by atoms with Crippen LogP contribution in [-0.2, 0) is 55.6 Å². The minimum absolute atomic E-state index is 0.0188. The van der Waals surface area contributed by atoms with Gasteiger partial charge in [-0.2, -0.15) is 0 Å². The van der Waals surface area contributed by atoms with Crippen LogP contribution in [-0.4, -0.2) is 0 Å². The fraction of sp³-hybridized carbons (Fsp3) is 0.300. The predicted octanol–water partition coefficient (Wildman–Crippen LogP) is 21.3. The van der Waals surface area contributed by atoms with Crippen molar-refractivity contribution in [3.05, 3.63) is 265 Å². The molecule has 3 heterocycles. The van der Waals surface area contributed by atoms with Crippen molar-refractivity contribution in [2.75, 3.05) is 0 Å². The summed E-state index contributed by atoms with van der Waals surface area (Å²) in [6, 6.07) is 57.6. The van der Waals surface area contributed by atoms with Gasteiger partial charge in [-0.3, -0.25) is 0 Å². The molecule has 3 aliphatic rings. The summed E-state index contributed by atoms with van der Waals surface area (Å²) < 4.78 is 55.0. The SMILES string of the molecule is Cc1cc[n+](C)c(-c2cc3c(cc2C)C(C)(C)C(C)(C)c2cc4cc(C)ccc4cc2-3)c1.[2H]C([2H])([2H])c1c[n+](C)c(-c2c(C)ccc3c2CCc2c-3ccc3cc(C)ccc23)cc1C.[2H]C([2H])([2H])c1cc2c(c3ccccc13)C(C)(C)C(C)(C)c1c-2ccc(C)c1-c1cc(C)cc[n+]1C. The first kappa shape index (κ1) is 55.8. The molecule has 15 rings (SSSR count). The molecule has 3 aromatic heterocycles. The van der Waals surface area contributed by atoms with E-state index in [-0.39, 0.29) is 21.7 Å². The van der Waals surface area contributed by atoms with Gasteiger partial charge >= 0.3 is 0 Å². The average Bonchev–Trinajstić information content (AvgIpc) is 0.695. The first-order valence-corrected chi connectivity index (χ1v) is 33.4. The Hall–Kier alpha value is -8.79. The van der Waals surface area contributed by atoms with Gasteiger partial charge in [0.25, 0.3) is 0 Å². The molecule has 0 saturated carbocycles. The molecule has 468 valence electrons. The zero-order valence-corrected chi connectivity index (χ0v) is 58.5. The van der Waals surface area contributed by atoms with Crippen molar-refractivity contribution in [1.29, 1.82) is 0 Å². The van der Waals surface area contributed by atoms with Crippen LogP contribution < -0.4 is 13.7 Å². The number of fused-ring (bicyclic) bond motifs is 14. The van der Waals surface area contributed by atoms with E-state index in [9.17, 15) is 0 Å². The molecule has 0 unspecified atom stereocenters. The first-order chi connectivity index (χ1) is 46.4. The Kier molecular flexibility index (Phi) is 13.7. The first-order valence-electron chi connectivity index (χ1n) is 36.4. The molecule has 3 nitrogen and oxygen atoms in total. The van der Waals surface area contributed by atoms with Gasteiger partial charge in [0.15, 0.2) is 18.6 Å². The number of benzene rings is 9. The number of aromatic nitrogens is 3. The maximum atomic E-state index is 8.33. The highest BCUT2D eigenvalue weighted by molar-refractivity contribution is 6.00. The normalized spacial score (nSPS) is 16.2. The average molecular weight is 1230 g/mol. The predicted molar refractivity (Wildman–Crippen MR) is 395 cm³/mol. The van der Waals surface area contributed by atoms with Crippen LogP contribution in [0.3, 0.4) is 0 Å². The molecule has 0 N–H and O–H groups in total. The van der Waals surface area contributed by atoms with Crippen molar-refractivity contribution in [2.24, 2.45) is 21.1 Å². The van der Waals surface area contributed by atoms with Crippen LogP contribution in [0, 0.1) is 69.1 Å². The lowest BCUT2D eigenvalue weighted by Crippen LogP contribution is -2.45. The summed E-state index contributed by atoms with van der Waals surface area (Å²) in [5, 5.41) is 7.19. The van der Waals surface area contributed by atoms with E-state index in [0.29, 0.717) is 11.1 Å². The minimum atomic E-state index is -2.19. The monoisotopic (exact) mass is 1220 g/mol. The van der Waals surface area contributed by atoms with E-state index in [4.69, 9.17) is 8.22 Å². The second-order valence-corrected chi connectivity index (χ2v) is 29.9. The van der Waals surface area contributed by atoms with Crippen molar-refractivity contribution < 1.29 is 21.9 Å². The molecule has 0 atom stereocenters. The van der Waals surface area contributed by atoms with Gasteiger partial charge in [-0.25, -0.2) is 13.7 Å². The number of rotatable bonds is 3. The third kappa shape index (κ3) is 10.2. The summed E-state index contributed by atoms with van der Waals surface area (Å²) in [4.78, 5) is 0. The zero-order chi connectivity index (χ0) is 71.3. The third-order valence-corrected chi connectivity index (χ3v) is 22.9. The second kappa shape index (κ2) is 22.8. The van der Waals surface area contributed by atoms with Crippen molar-refractivity contribution in [3.63, 3.8) is 0 Å². The molecular formula is C90H96N3+3. The Morgan fingerprint density at radius 1 is 0.323 bits per heavy atom. The quantitative estimate of drug-likeness (QED) is 0.156. The molecule has 0 saturated heterocycles. The van der Waals surface area contributed by atoms with Crippen LogP contribution in [0.5, 0.6) is 0 Å².